The SMILES string of the molecule is CCc1ccc2occ(-c3nc(C(C)(C)NC(C)=O)no3)c2c1. The first kappa shape index (κ1) is 15.3. The zero-order chi connectivity index (χ0) is 16.6. The Morgan fingerprint density at radius 1 is 1.35 bits per heavy atom. The van der Waals surface area contributed by atoms with Gasteiger partial charge in [-0.05, 0) is 38.0 Å². The molecular formula is C17H19N3O3. The maximum atomic E-state index is 11.3. The van der Waals surface area contributed by atoms with E-state index in [0.29, 0.717) is 11.7 Å². The molecule has 2 aromatic heterocycles. The van der Waals surface area contributed by atoms with Crippen LogP contribution < -0.4 is 5.32 Å². The molecule has 0 aliphatic rings. The zero-order valence-corrected chi connectivity index (χ0v) is 13.6. The fourth-order valence-electron chi connectivity index (χ4n) is 2.54. The van der Waals surface area contributed by atoms with Crippen LogP contribution in [0.25, 0.3) is 22.4 Å². The van der Waals surface area contributed by atoms with Crippen LogP contribution >= 0.6 is 0 Å². The number of carbonyl (C=O) groups is 1. The number of aromatic nitrogens is 2. The van der Waals surface area contributed by atoms with Crippen LogP contribution in [0.15, 0.2) is 33.4 Å². The van der Waals surface area contributed by atoms with E-state index in [9.17, 15) is 4.79 Å². The molecular weight excluding hydrogens is 294 g/mol. The lowest BCUT2D eigenvalue weighted by Crippen LogP contribution is -2.40. The molecule has 0 radical (unpaired) electrons. The van der Waals surface area contributed by atoms with Crippen molar-refractivity contribution >= 4 is 16.9 Å². The molecule has 0 bridgehead atoms. The lowest BCUT2D eigenvalue weighted by Gasteiger charge is -2.20. The molecule has 0 fully saturated rings. The number of nitrogens with one attached hydrogen (secondary N) is 1. The third-order valence-electron chi connectivity index (χ3n) is 3.75. The third-order valence-corrected chi connectivity index (χ3v) is 3.75. The second-order valence-electron chi connectivity index (χ2n) is 6.06. The first-order valence-corrected chi connectivity index (χ1v) is 7.54. The maximum Gasteiger partial charge on any atom is 0.261 e. The van der Waals surface area contributed by atoms with Crippen LogP contribution in [0, 0.1) is 0 Å². The molecule has 2 heterocycles. The van der Waals surface area contributed by atoms with Gasteiger partial charge in [0.05, 0.1) is 11.1 Å². The summed E-state index contributed by atoms with van der Waals surface area (Å²) in [6, 6.07) is 6.04. The van der Waals surface area contributed by atoms with E-state index in [1.165, 1.54) is 12.5 Å². The van der Waals surface area contributed by atoms with E-state index < -0.39 is 5.54 Å². The van der Waals surface area contributed by atoms with Gasteiger partial charge < -0.3 is 14.3 Å². The van der Waals surface area contributed by atoms with Crippen LogP contribution in [0.3, 0.4) is 0 Å². The van der Waals surface area contributed by atoms with Gasteiger partial charge >= 0.3 is 0 Å². The summed E-state index contributed by atoms with van der Waals surface area (Å²) in [5.41, 5.74) is 2.03. The molecule has 1 aromatic carbocycles. The van der Waals surface area contributed by atoms with Crippen molar-refractivity contribution in [2.75, 3.05) is 0 Å². The van der Waals surface area contributed by atoms with E-state index in [2.05, 4.69) is 28.4 Å². The van der Waals surface area contributed by atoms with Crippen molar-refractivity contribution in [2.45, 2.75) is 39.7 Å². The quantitative estimate of drug-likeness (QED) is 0.798. The molecule has 1 amide bonds. The van der Waals surface area contributed by atoms with Gasteiger partial charge in [0.2, 0.25) is 5.91 Å². The smallest absolute Gasteiger partial charge is 0.261 e. The standard InChI is InChI=1S/C17H19N3O3/c1-5-11-6-7-14-12(8-11)13(9-22-14)15-18-16(20-23-15)17(3,4)19-10(2)21/h6-9H,5H2,1-4H3,(H,19,21). The molecule has 0 aliphatic carbocycles. The number of carbonyl (C=O) groups excluding carboxylic acids is 1. The maximum absolute atomic E-state index is 11.3. The highest BCUT2D eigenvalue weighted by Gasteiger charge is 2.28. The highest BCUT2D eigenvalue weighted by Crippen LogP contribution is 2.31. The lowest BCUT2D eigenvalue weighted by atomic mass is 10.0. The average molecular weight is 313 g/mol. The van der Waals surface area contributed by atoms with E-state index in [-0.39, 0.29) is 5.91 Å². The molecule has 1 N–H and O–H groups in total. The van der Waals surface area contributed by atoms with Gasteiger partial charge in [0, 0.05) is 12.3 Å². The Morgan fingerprint density at radius 2 is 2.13 bits per heavy atom. The zero-order valence-electron chi connectivity index (χ0n) is 13.6. The van der Waals surface area contributed by atoms with Crippen LogP contribution in [-0.4, -0.2) is 16.0 Å². The molecule has 23 heavy (non-hydrogen) atoms. The van der Waals surface area contributed by atoms with Gasteiger partial charge in [-0.1, -0.05) is 18.1 Å². The molecule has 6 nitrogen and oxygen atoms in total. The topological polar surface area (TPSA) is 81.2 Å². The summed E-state index contributed by atoms with van der Waals surface area (Å²) in [6.45, 7) is 7.21. The monoisotopic (exact) mass is 313 g/mol. The Balaban J connectivity index is 2.02. The highest BCUT2D eigenvalue weighted by atomic mass is 16.5. The van der Waals surface area contributed by atoms with Crippen LogP contribution in [0.1, 0.15) is 39.1 Å². The summed E-state index contributed by atoms with van der Waals surface area (Å²) in [5, 5.41) is 7.75. The molecule has 0 aliphatic heterocycles. The van der Waals surface area contributed by atoms with Crippen molar-refractivity contribution in [1.29, 1.82) is 0 Å². The number of amides is 1. The number of hydrogen-bond acceptors (Lipinski definition) is 5. The van der Waals surface area contributed by atoms with Crippen molar-refractivity contribution < 1.29 is 13.7 Å². The number of furan rings is 1. The van der Waals surface area contributed by atoms with Crippen molar-refractivity contribution in [2.24, 2.45) is 0 Å². The Labute approximate surface area is 133 Å². The number of rotatable bonds is 4. The fourth-order valence-corrected chi connectivity index (χ4v) is 2.54. The predicted octanol–water partition coefficient (Wildman–Crippen LogP) is 3.42. The van der Waals surface area contributed by atoms with Crippen molar-refractivity contribution in [3.8, 4) is 11.5 Å². The molecule has 6 heteroatoms. The van der Waals surface area contributed by atoms with E-state index in [1.807, 2.05) is 26.0 Å². The minimum Gasteiger partial charge on any atom is -0.463 e. The Hall–Kier alpha value is -2.63. The first-order chi connectivity index (χ1) is 10.9. The second kappa shape index (κ2) is 5.53. The summed E-state index contributed by atoms with van der Waals surface area (Å²) >= 11 is 0. The van der Waals surface area contributed by atoms with Crippen LogP contribution in [0.4, 0.5) is 0 Å². The second-order valence-corrected chi connectivity index (χ2v) is 6.06. The normalized spacial score (nSPS) is 11.8. The number of nitrogens with zero attached hydrogens (tertiary/aromatic N) is 2. The molecule has 0 saturated carbocycles. The molecule has 3 aromatic rings. The van der Waals surface area contributed by atoms with Crippen LogP contribution in [-0.2, 0) is 16.8 Å². The van der Waals surface area contributed by atoms with E-state index in [1.54, 1.807) is 6.26 Å². The van der Waals surface area contributed by atoms with Crippen molar-refractivity contribution in [3.05, 3.63) is 35.9 Å². The molecule has 3 rings (SSSR count). The number of benzene rings is 1. The van der Waals surface area contributed by atoms with Crippen molar-refractivity contribution in [1.82, 2.24) is 15.5 Å². The van der Waals surface area contributed by atoms with Crippen LogP contribution in [0.5, 0.6) is 0 Å². The van der Waals surface area contributed by atoms with E-state index >= 15 is 0 Å². The largest absolute Gasteiger partial charge is 0.463 e. The molecule has 0 spiro atoms. The summed E-state index contributed by atoms with van der Waals surface area (Å²) in [6.07, 6.45) is 2.55. The average Bonchev–Trinajstić information content (AvgIpc) is 3.11. The highest BCUT2D eigenvalue weighted by molar-refractivity contribution is 5.92. The number of aryl methyl sites for hydroxylation is 1. The minimum absolute atomic E-state index is 0.150. The molecule has 0 atom stereocenters. The summed E-state index contributed by atoms with van der Waals surface area (Å²) in [7, 11) is 0. The van der Waals surface area contributed by atoms with Gasteiger partial charge in [-0.25, -0.2) is 0 Å². The van der Waals surface area contributed by atoms with Gasteiger partial charge in [0.25, 0.3) is 5.89 Å². The molecule has 120 valence electrons. The van der Waals surface area contributed by atoms with Gasteiger partial charge in [-0.15, -0.1) is 0 Å². The van der Waals surface area contributed by atoms with Crippen LogP contribution in [0.2, 0.25) is 0 Å². The minimum atomic E-state index is -0.707. The lowest BCUT2D eigenvalue weighted by molar-refractivity contribution is -0.120. The van der Waals surface area contributed by atoms with Gasteiger partial charge in [-0.3, -0.25) is 4.79 Å². The van der Waals surface area contributed by atoms with E-state index in [0.717, 1.165) is 23.0 Å². The number of fused-ring (bicyclic) bond motifs is 1. The fraction of sp³-hybridized carbons (Fsp3) is 0.353. The molecule has 0 saturated heterocycles. The van der Waals surface area contributed by atoms with Gasteiger partial charge in [0.1, 0.15) is 11.8 Å². The summed E-state index contributed by atoms with van der Waals surface area (Å²) in [5.74, 6) is 0.650. The molecule has 0 unspecified atom stereocenters. The summed E-state index contributed by atoms with van der Waals surface area (Å²) < 4.78 is 11.0. The van der Waals surface area contributed by atoms with Gasteiger partial charge in [-0.2, -0.15) is 4.98 Å². The van der Waals surface area contributed by atoms with Gasteiger partial charge in [0.15, 0.2) is 5.82 Å². The number of hydrogen-bond donors (Lipinski definition) is 1. The Bertz CT molecular complexity index is 861. The summed E-state index contributed by atoms with van der Waals surface area (Å²) in [4.78, 5) is 15.7. The Kier molecular flexibility index (Phi) is 3.67. The Morgan fingerprint density at radius 3 is 2.83 bits per heavy atom. The first-order valence-electron chi connectivity index (χ1n) is 7.54. The predicted molar refractivity (Wildman–Crippen MR) is 85.7 cm³/mol. The van der Waals surface area contributed by atoms with E-state index in [4.69, 9.17) is 8.94 Å². The third kappa shape index (κ3) is 2.84. The van der Waals surface area contributed by atoms with Crippen molar-refractivity contribution in [3.63, 3.8) is 0 Å².